The molecule has 1 rings (SSSR count). The highest BCUT2D eigenvalue weighted by Gasteiger charge is 1.97. The van der Waals surface area contributed by atoms with Gasteiger partial charge in [-0.2, -0.15) is 0 Å². The zero-order chi connectivity index (χ0) is 11.3. The Hall–Kier alpha value is -1.55. The Morgan fingerprint density at radius 3 is 2.40 bits per heavy atom. The van der Waals surface area contributed by atoms with Gasteiger partial charge in [-0.25, -0.2) is 4.79 Å². The molecular weight excluding hydrogens is 190 g/mol. The van der Waals surface area contributed by atoms with Crippen LogP contribution < -0.4 is 16.4 Å². The van der Waals surface area contributed by atoms with E-state index in [1.54, 1.807) is 0 Å². The Morgan fingerprint density at radius 1 is 1.33 bits per heavy atom. The summed E-state index contributed by atoms with van der Waals surface area (Å²) in [5, 5.41) is 5.83. The van der Waals surface area contributed by atoms with Crippen LogP contribution in [0.15, 0.2) is 24.3 Å². The van der Waals surface area contributed by atoms with E-state index in [1.165, 1.54) is 5.56 Å². The number of nitrogens with two attached hydrogens (primary N) is 1. The first-order chi connectivity index (χ1) is 7.08. The predicted molar refractivity (Wildman–Crippen MR) is 61.6 cm³/mol. The van der Waals surface area contributed by atoms with Gasteiger partial charge in [-0.15, -0.1) is 0 Å². The first kappa shape index (κ1) is 11.5. The van der Waals surface area contributed by atoms with Crippen LogP contribution in [-0.2, 0) is 6.54 Å². The Balaban J connectivity index is 2.52. The van der Waals surface area contributed by atoms with Crippen molar-refractivity contribution >= 4 is 11.7 Å². The summed E-state index contributed by atoms with van der Waals surface area (Å²) in [6.07, 6.45) is 0. The van der Waals surface area contributed by atoms with Crippen LogP contribution in [0.1, 0.15) is 19.4 Å². The van der Waals surface area contributed by atoms with Crippen LogP contribution in [0.5, 0.6) is 0 Å². The highest BCUT2D eigenvalue weighted by atomic mass is 16.2. The summed E-state index contributed by atoms with van der Waals surface area (Å²) >= 11 is 0. The third-order valence-corrected chi connectivity index (χ3v) is 1.94. The summed E-state index contributed by atoms with van der Waals surface area (Å²) in [4.78, 5) is 10.6. The fourth-order valence-corrected chi connectivity index (χ4v) is 1.17. The third-order valence-electron chi connectivity index (χ3n) is 1.94. The van der Waals surface area contributed by atoms with Crippen LogP contribution in [-0.4, -0.2) is 12.1 Å². The minimum absolute atomic E-state index is 0.466. The molecule has 0 spiro atoms. The molecule has 82 valence electrons. The molecule has 0 aliphatic carbocycles. The lowest BCUT2D eigenvalue weighted by molar-refractivity contribution is 0.259. The summed E-state index contributed by atoms with van der Waals surface area (Å²) in [5.74, 6) is 0. The lowest BCUT2D eigenvalue weighted by atomic mass is 10.2. The van der Waals surface area contributed by atoms with Gasteiger partial charge in [0, 0.05) is 18.3 Å². The SMILES string of the molecule is CC(C)NCc1ccc(NC(N)=O)cc1. The number of benzene rings is 1. The number of primary amides is 1. The minimum Gasteiger partial charge on any atom is -0.351 e. The molecule has 0 heterocycles. The molecule has 1 aromatic rings. The first-order valence-corrected chi connectivity index (χ1v) is 4.96. The van der Waals surface area contributed by atoms with Gasteiger partial charge < -0.3 is 16.4 Å². The average molecular weight is 207 g/mol. The Labute approximate surface area is 89.9 Å². The van der Waals surface area contributed by atoms with E-state index in [1.807, 2.05) is 24.3 Å². The Kier molecular flexibility index (Phi) is 4.12. The van der Waals surface area contributed by atoms with Crippen molar-refractivity contribution in [1.82, 2.24) is 5.32 Å². The molecule has 0 fully saturated rings. The van der Waals surface area contributed by atoms with Crippen molar-refractivity contribution in [1.29, 1.82) is 0 Å². The molecule has 0 saturated heterocycles. The zero-order valence-electron chi connectivity index (χ0n) is 9.08. The number of hydrogen-bond donors (Lipinski definition) is 3. The molecule has 4 N–H and O–H groups in total. The maximum absolute atomic E-state index is 10.6. The van der Waals surface area contributed by atoms with Gasteiger partial charge in [-0.05, 0) is 17.7 Å². The van der Waals surface area contributed by atoms with E-state index in [-0.39, 0.29) is 0 Å². The van der Waals surface area contributed by atoms with Gasteiger partial charge in [0.2, 0.25) is 0 Å². The lowest BCUT2D eigenvalue weighted by Crippen LogP contribution is -2.22. The molecule has 15 heavy (non-hydrogen) atoms. The van der Waals surface area contributed by atoms with Gasteiger partial charge in [0.15, 0.2) is 0 Å². The molecule has 2 amide bonds. The molecule has 0 aliphatic rings. The fourth-order valence-electron chi connectivity index (χ4n) is 1.17. The number of carbonyl (C=O) groups excluding carboxylic acids is 1. The number of anilines is 1. The van der Waals surface area contributed by atoms with E-state index >= 15 is 0 Å². The number of amides is 2. The molecule has 0 aliphatic heterocycles. The van der Waals surface area contributed by atoms with Crippen LogP contribution in [0.4, 0.5) is 10.5 Å². The quantitative estimate of drug-likeness (QED) is 0.703. The normalized spacial score (nSPS) is 10.3. The van der Waals surface area contributed by atoms with E-state index < -0.39 is 6.03 Å². The largest absolute Gasteiger partial charge is 0.351 e. The van der Waals surface area contributed by atoms with Crippen molar-refractivity contribution in [2.24, 2.45) is 5.73 Å². The highest BCUT2D eigenvalue weighted by Crippen LogP contribution is 2.09. The van der Waals surface area contributed by atoms with E-state index in [9.17, 15) is 4.79 Å². The maximum atomic E-state index is 10.6. The second-order valence-electron chi connectivity index (χ2n) is 3.72. The molecule has 4 nitrogen and oxygen atoms in total. The monoisotopic (exact) mass is 207 g/mol. The zero-order valence-corrected chi connectivity index (χ0v) is 9.08. The van der Waals surface area contributed by atoms with Gasteiger partial charge in [0.05, 0.1) is 0 Å². The number of urea groups is 1. The van der Waals surface area contributed by atoms with Crippen LogP contribution in [0.3, 0.4) is 0 Å². The van der Waals surface area contributed by atoms with Crippen molar-refractivity contribution in [2.45, 2.75) is 26.4 Å². The lowest BCUT2D eigenvalue weighted by Gasteiger charge is -2.08. The third kappa shape index (κ3) is 4.46. The first-order valence-electron chi connectivity index (χ1n) is 4.96. The summed E-state index contributed by atoms with van der Waals surface area (Å²) in [6, 6.07) is 7.52. The summed E-state index contributed by atoms with van der Waals surface area (Å²) in [6.45, 7) is 5.03. The van der Waals surface area contributed by atoms with Crippen LogP contribution >= 0.6 is 0 Å². The number of hydrogen-bond acceptors (Lipinski definition) is 2. The average Bonchev–Trinajstić information content (AvgIpc) is 2.16. The standard InChI is InChI=1S/C11H17N3O/c1-8(2)13-7-9-3-5-10(6-4-9)14-11(12)15/h3-6,8,13H,7H2,1-2H3,(H3,12,14,15). The topological polar surface area (TPSA) is 67.2 Å². The van der Waals surface area contributed by atoms with Crippen molar-refractivity contribution in [3.8, 4) is 0 Å². The fraction of sp³-hybridized carbons (Fsp3) is 0.364. The molecule has 1 aromatic carbocycles. The molecule has 0 radical (unpaired) electrons. The van der Waals surface area contributed by atoms with Crippen molar-refractivity contribution < 1.29 is 4.79 Å². The number of nitrogens with one attached hydrogen (secondary N) is 2. The summed E-state index contributed by atoms with van der Waals surface area (Å²) in [7, 11) is 0. The Bertz CT molecular complexity index is 319. The molecule has 0 unspecified atom stereocenters. The summed E-state index contributed by atoms with van der Waals surface area (Å²) in [5.41, 5.74) is 6.90. The van der Waals surface area contributed by atoms with Gasteiger partial charge in [-0.3, -0.25) is 0 Å². The second-order valence-corrected chi connectivity index (χ2v) is 3.72. The maximum Gasteiger partial charge on any atom is 0.316 e. The van der Waals surface area contributed by atoms with Crippen LogP contribution in [0.2, 0.25) is 0 Å². The Morgan fingerprint density at radius 2 is 1.93 bits per heavy atom. The highest BCUT2D eigenvalue weighted by molar-refractivity contribution is 5.87. The molecular formula is C11H17N3O. The molecule has 0 bridgehead atoms. The van der Waals surface area contributed by atoms with Crippen molar-refractivity contribution in [2.75, 3.05) is 5.32 Å². The van der Waals surface area contributed by atoms with E-state index in [0.29, 0.717) is 6.04 Å². The van der Waals surface area contributed by atoms with Gasteiger partial charge in [0.25, 0.3) is 0 Å². The van der Waals surface area contributed by atoms with E-state index in [4.69, 9.17) is 5.73 Å². The van der Waals surface area contributed by atoms with Crippen LogP contribution in [0.25, 0.3) is 0 Å². The predicted octanol–water partition coefficient (Wildman–Crippen LogP) is 1.68. The molecule has 0 atom stereocenters. The van der Waals surface area contributed by atoms with Gasteiger partial charge in [-0.1, -0.05) is 26.0 Å². The smallest absolute Gasteiger partial charge is 0.316 e. The second kappa shape index (κ2) is 5.36. The summed E-state index contributed by atoms with van der Waals surface area (Å²) < 4.78 is 0. The molecule has 0 saturated carbocycles. The van der Waals surface area contributed by atoms with E-state index in [0.717, 1.165) is 12.2 Å². The molecule has 0 aromatic heterocycles. The van der Waals surface area contributed by atoms with Crippen LogP contribution in [0, 0.1) is 0 Å². The number of rotatable bonds is 4. The van der Waals surface area contributed by atoms with Gasteiger partial charge >= 0.3 is 6.03 Å². The van der Waals surface area contributed by atoms with Crippen molar-refractivity contribution in [3.63, 3.8) is 0 Å². The molecule has 4 heteroatoms. The minimum atomic E-state index is -0.539. The van der Waals surface area contributed by atoms with Crippen molar-refractivity contribution in [3.05, 3.63) is 29.8 Å². The number of carbonyl (C=O) groups is 1. The van der Waals surface area contributed by atoms with Gasteiger partial charge in [0.1, 0.15) is 0 Å². The van der Waals surface area contributed by atoms with E-state index in [2.05, 4.69) is 24.5 Å².